The van der Waals surface area contributed by atoms with Crippen LogP contribution < -0.4 is 4.74 Å². The van der Waals surface area contributed by atoms with Crippen LogP contribution >= 0.6 is 11.6 Å². The standard InChI is InChI=1S/C14H14ClNO/c1-11(12-5-3-2-4-6-12)17-14-7-8-16-13(9-14)10-15/h2-9,11H,10H2,1H3. The zero-order valence-electron chi connectivity index (χ0n) is 9.64. The van der Waals surface area contributed by atoms with E-state index in [9.17, 15) is 0 Å². The molecule has 1 aromatic heterocycles. The normalized spacial score (nSPS) is 12.1. The summed E-state index contributed by atoms with van der Waals surface area (Å²) in [6.07, 6.45) is 1.73. The van der Waals surface area contributed by atoms with Gasteiger partial charge in [-0.3, -0.25) is 4.98 Å². The average Bonchev–Trinajstić information content (AvgIpc) is 2.40. The smallest absolute Gasteiger partial charge is 0.123 e. The molecule has 1 aromatic carbocycles. The van der Waals surface area contributed by atoms with Gasteiger partial charge in [-0.2, -0.15) is 0 Å². The number of rotatable bonds is 4. The lowest BCUT2D eigenvalue weighted by Gasteiger charge is -2.15. The zero-order valence-corrected chi connectivity index (χ0v) is 10.4. The molecule has 17 heavy (non-hydrogen) atoms. The van der Waals surface area contributed by atoms with Gasteiger partial charge in [-0.15, -0.1) is 11.6 Å². The zero-order chi connectivity index (χ0) is 12.1. The summed E-state index contributed by atoms with van der Waals surface area (Å²) in [4.78, 5) is 4.13. The van der Waals surface area contributed by atoms with Crippen LogP contribution in [0.3, 0.4) is 0 Å². The first-order chi connectivity index (χ1) is 8.29. The fraction of sp³-hybridized carbons (Fsp3) is 0.214. The molecule has 0 spiro atoms. The van der Waals surface area contributed by atoms with Crippen LogP contribution in [0.2, 0.25) is 0 Å². The van der Waals surface area contributed by atoms with E-state index >= 15 is 0 Å². The molecule has 88 valence electrons. The third-order valence-electron chi connectivity index (χ3n) is 2.51. The van der Waals surface area contributed by atoms with Crippen molar-refractivity contribution in [2.75, 3.05) is 0 Å². The van der Waals surface area contributed by atoms with Gasteiger partial charge in [0, 0.05) is 12.3 Å². The van der Waals surface area contributed by atoms with Crippen molar-refractivity contribution in [3.8, 4) is 5.75 Å². The number of halogens is 1. The van der Waals surface area contributed by atoms with Crippen LogP contribution in [-0.4, -0.2) is 4.98 Å². The van der Waals surface area contributed by atoms with Crippen LogP contribution in [0.5, 0.6) is 5.75 Å². The molecular formula is C14H14ClNO. The minimum Gasteiger partial charge on any atom is -0.486 e. The summed E-state index contributed by atoms with van der Waals surface area (Å²) in [5.74, 6) is 1.20. The van der Waals surface area contributed by atoms with Crippen LogP contribution in [0.25, 0.3) is 0 Å². The third kappa shape index (κ3) is 3.21. The first-order valence-corrected chi connectivity index (χ1v) is 6.05. The van der Waals surface area contributed by atoms with Gasteiger partial charge >= 0.3 is 0 Å². The minimum atomic E-state index is 0.0155. The van der Waals surface area contributed by atoms with Crippen LogP contribution in [0.15, 0.2) is 48.7 Å². The van der Waals surface area contributed by atoms with E-state index in [2.05, 4.69) is 4.98 Å². The van der Waals surface area contributed by atoms with Crippen molar-refractivity contribution >= 4 is 11.6 Å². The number of alkyl halides is 1. The van der Waals surface area contributed by atoms with Gasteiger partial charge in [0.2, 0.25) is 0 Å². The Bertz CT molecular complexity index is 473. The van der Waals surface area contributed by atoms with E-state index in [0.29, 0.717) is 5.88 Å². The summed E-state index contributed by atoms with van der Waals surface area (Å²) >= 11 is 5.73. The van der Waals surface area contributed by atoms with Crippen LogP contribution in [0, 0.1) is 0 Å². The topological polar surface area (TPSA) is 22.1 Å². The second-order valence-electron chi connectivity index (χ2n) is 3.79. The van der Waals surface area contributed by atoms with Gasteiger partial charge in [0.05, 0.1) is 11.6 Å². The Kier molecular flexibility index (Phi) is 3.99. The SMILES string of the molecule is CC(Oc1ccnc(CCl)c1)c1ccccc1. The second-order valence-corrected chi connectivity index (χ2v) is 4.05. The van der Waals surface area contributed by atoms with E-state index in [1.807, 2.05) is 49.4 Å². The van der Waals surface area contributed by atoms with E-state index in [1.54, 1.807) is 6.20 Å². The molecule has 0 N–H and O–H groups in total. The molecule has 0 aliphatic heterocycles. The van der Waals surface area contributed by atoms with Crippen molar-refractivity contribution in [1.29, 1.82) is 0 Å². The molecule has 0 bridgehead atoms. The summed E-state index contributed by atoms with van der Waals surface area (Å²) in [5, 5.41) is 0. The highest BCUT2D eigenvalue weighted by Gasteiger charge is 2.06. The molecule has 0 radical (unpaired) electrons. The van der Waals surface area contributed by atoms with Crippen molar-refractivity contribution in [2.45, 2.75) is 18.9 Å². The molecule has 0 aliphatic rings. The van der Waals surface area contributed by atoms with Gasteiger partial charge < -0.3 is 4.74 Å². The van der Waals surface area contributed by atoms with E-state index in [4.69, 9.17) is 16.3 Å². The monoisotopic (exact) mass is 247 g/mol. The fourth-order valence-electron chi connectivity index (χ4n) is 1.60. The molecule has 0 amide bonds. The molecule has 1 unspecified atom stereocenters. The van der Waals surface area contributed by atoms with Gasteiger partial charge in [0.15, 0.2) is 0 Å². The highest BCUT2D eigenvalue weighted by molar-refractivity contribution is 6.16. The Labute approximate surface area is 106 Å². The van der Waals surface area contributed by atoms with E-state index in [1.165, 1.54) is 0 Å². The maximum atomic E-state index is 5.84. The molecule has 2 aromatic rings. The Morgan fingerprint density at radius 3 is 2.71 bits per heavy atom. The number of ether oxygens (including phenoxy) is 1. The Morgan fingerprint density at radius 1 is 1.24 bits per heavy atom. The molecule has 0 aliphatic carbocycles. The largest absolute Gasteiger partial charge is 0.486 e. The number of hydrogen-bond acceptors (Lipinski definition) is 2. The molecule has 0 saturated carbocycles. The maximum Gasteiger partial charge on any atom is 0.123 e. The van der Waals surface area contributed by atoms with Crippen LogP contribution in [-0.2, 0) is 5.88 Å². The molecule has 3 heteroatoms. The average molecular weight is 248 g/mol. The first kappa shape index (κ1) is 11.9. The molecule has 2 nitrogen and oxygen atoms in total. The maximum absolute atomic E-state index is 5.84. The number of benzene rings is 1. The summed E-state index contributed by atoms with van der Waals surface area (Å²) < 4.78 is 5.84. The Balaban J connectivity index is 2.10. The summed E-state index contributed by atoms with van der Waals surface area (Å²) in [6.45, 7) is 2.02. The fourth-order valence-corrected chi connectivity index (χ4v) is 1.74. The molecular weight excluding hydrogens is 234 g/mol. The van der Waals surface area contributed by atoms with Gasteiger partial charge in [0.25, 0.3) is 0 Å². The number of nitrogens with zero attached hydrogens (tertiary/aromatic N) is 1. The lowest BCUT2D eigenvalue weighted by Crippen LogP contribution is -2.03. The highest BCUT2D eigenvalue weighted by Crippen LogP contribution is 2.21. The first-order valence-electron chi connectivity index (χ1n) is 5.52. The number of hydrogen-bond donors (Lipinski definition) is 0. The Hall–Kier alpha value is -1.54. The summed E-state index contributed by atoms with van der Waals surface area (Å²) in [5.41, 5.74) is 1.97. The third-order valence-corrected chi connectivity index (χ3v) is 2.78. The number of pyridine rings is 1. The highest BCUT2D eigenvalue weighted by atomic mass is 35.5. The lowest BCUT2D eigenvalue weighted by atomic mass is 10.1. The molecule has 2 rings (SSSR count). The van der Waals surface area contributed by atoms with Crippen molar-refractivity contribution < 1.29 is 4.74 Å². The predicted octanol–water partition coefficient (Wildman–Crippen LogP) is 3.96. The molecule has 0 saturated heterocycles. The summed E-state index contributed by atoms with van der Waals surface area (Å²) in [7, 11) is 0. The van der Waals surface area contributed by atoms with Gasteiger partial charge in [-0.1, -0.05) is 30.3 Å². The lowest BCUT2D eigenvalue weighted by molar-refractivity contribution is 0.226. The quantitative estimate of drug-likeness (QED) is 0.763. The van der Waals surface area contributed by atoms with Crippen molar-refractivity contribution in [3.05, 3.63) is 59.9 Å². The van der Waals surface area contributed by atoms with Gasteiger partial charge in [-0.05, 0) is 18.6 Å². The van der Waals surface area contributed by atoms with Gasteiger partial charge in [0.1, 0.15) is 11.9 Å². The van der Waals surface area contributed by atoms with E-state index < -0.39 is 0 Å². The van der Waals surface area contributed by atoms with Crippen molar-refractivity contribution in [2.24, 2.45) is 0 Å². The molecule has 1 atom stereocenters. The molecule has 0 fully saturated rings. The van der Waals surface area contributed by atoms with Crippen molar-refractivity contribution in [3.63, 3.8) is 0 Å². The number of aromatic nitrogens is 1. The van der Waals surface area contributed by atoms with Crippen LogP contribution in [0.1, 0.15) is 24.3 Å². The predicted molar refractivity (Wildman–Crippen MR) is 69.3 cm³/mol. The van der Waals surface area contributed by atoms with E-state index in [-0.39, 0.29) is 6.10 Å². The molecule has 1 heterocycles. The summed E-state index contributed by atoms with van der Waals surface area (Å²) in [6, 6.07) is 13.8. The Morgan fingerprint density at radius 2 is 2.00 bits per heavy atom. The van der Waals surface area contributed by atoms with Crippen molar-refractivity contribution in [1.82, 2.24) is 4.98 Å². The van der Waals surface area contributed by atoms with Gasteiger partial charge in [-0.25, -0.2) is 0 Å². The van der Waals surface area contributed by atoms with E-state index in [0.717, 1.165) is 17.0 Å². The van der Waals surface area contributed by atoms with Crippen LogP contribution in [0.4, 0.5) is 0 Å². The minimum absolute atomic E-state index is 0.0155. The second kappa shape index (κ2) is 5.69.